The first-order valence-corrected chi connectivity index (χ1v) is 23.8. The molecule has 1 saturated carbocycles. The van der Waals surface area contributed by atoms with Gasteiger partial charge >= 0.3 is 0 Å². The van der Waals surface area contributed by atoms with E-state index in [-0.39, 0.29) is 17.6 Å². The van der Waals surface area contributed by atoms with Crippen molar-refractivity contribution in [2.45, 2.75) is 148 Å². The van der Waals surface area contributed by atoms with Gasteiger partial charge in [-0.15, -0.1) is 0 Å². The maximum atomic E-state index is 12.6. The summed E-state index contributed by atoms with van der Waals surface area (Å²) in [6, 6.07) is 13.5. The van der Waals surface area contributed by atoms with Crippen molar-refractivity contribution in [1.82, 2.24) is 32.0 Å². The minimum Gasteiger partial charge on any atom is -0.354 e. The highest BCUT2D eigenvalue weighted by atomic mass is 19.1. The molecule has 7 aromatic rings. The molecule has 1 fully saturated rings. The first-order chi connectivity index (χ1) is 31.0. The molecule has 1 aliphatic carbocycles. The molecule has 0 saturated heterocycles. The van der Waals surface area contributed by atoms with E-state index in [1.54, 1.807) is 37.2 Å². The van der Waals surface area contributed by atoms with Gasteiger partial charge in [-0.25, -0.2) is 8.78 Å². The van der Waals surface area contributed by atoms with E-state index in [0.29, 0.717) is 17.3 Å². The second kappa shape index (κ2) is 25.8. The molecule has 10 heteroatoms. The number of halogens is 3. The minimum absolute atomic E-state index is 0.116. The van der Waals surface area contributed by atoms with Crippen molar-refractivity contribution in [3.8, 4) is 0 Å². The van der Waals surface area contributed by atoms with E-state index < -0.39 is 0 Å². The SMILES string of the molecule is Cc1c(F)ccn1C.Cc1cc(C(C)C)c(C)n1C.Cc1cc(C)n(C)c1C.Cc1cc(C2CCCC2)c(C)n1C.Cc1cc(F)c(C)n1C.Cc1cc(F)n(C)c1C.Cc1ccn(C)c1C. The maximum absolute atomic E-state index is 12.6. The summed E-state index contributed by atoms with van der Waals surface area (Å²) in [5.41, 5.74) is 19.9. The summed E-state index contributed by atoms with van der Waals surface area (Å²) in [7, 11) is 13.8. The first kappa shape index (κ1) is 57.9. The van der Waals surface area contributed by atoms with Crippen LogP contribution in [-0.2, 0) is 49.3 Å². The van der Waals surface area contributed by atoms with Crippen molar-refractivity contribution < 1.29 is 13.2 Å². The molecular formula is C57H88F3N7. The standard InChI is InChI=1S/C12H19N.C10H17N.C8H13N.2C7H10FN.C7H11N.C6H8FN/c1-9-8-12(10(2)13(9)3)11-6-4-5-7-11;1-7(2)10-6-8(3)11(5)9(10)4;1-6-5-7(2)9(4)8(6)3;1-5-4-7(8)6(2)9(5)3;1-5-4-7(8)9(3)6(5)2;1-6-4-5-8(3)7(6)2;1-5-6(7)3-4-8(5)2/h8,11H,4-7H2,1-3H3;6-7H,1-5H3;5H,1-4H3;2*4H,1-3H3;4-5H,1-3H3;3-4H,1-2H3. The Morgan fingerprint density at radius 1 is 0.418 bits per heavy atom. The average Bonchev–Trinajstić information content (AvgIpc) is 4.18. The van der Waals surface area contributed by atoms with Crippen LogP contribution in [0.15, 0.2) is 54.9 Å². The van der Waals surface area contributed by atoms with Gasteiger partial charge < -0.3 is 32.0 Å². The van der Waals surface area contributed by atoms with E-state index in [1.165, 1.54) is 105 Å². The Kier molecular flexibility index (Phi) is 22.3. The number of hydrogen-bond acceptors (Lipinski definition) is 0. The highest BCUT2D eigenvalue weighted by Gasteiger charge is 2.21. The molecule has 8 rings (SSSR count). The summed E-state index contributed by atoms with van der Waals surface area (Å²) >= 11 is 0. The molecule has 372 valence electrons. The van der Waals surface area contributed by atoms with E-state index in [1.807, 2.05) is 39.4 Å². The van der Waals surface area contributed by atoms with Crippen molar-refractivity contribution >= 4 is 0 Å². The van der Waals surface area contributed by atoms with E-state index in [9.17, 15) is 13.2 Å². The molecule has 0 aromatic carbocycles. The summed E-state index contributed by atoms with van der Waals surface area (Å²) in [6.45, 7) is 33.1. The second-order valence-corrected chi connectivity index (χ2v) is 19.1. The van der Waals surface area contributed by atoms with Gasteiger partial charge in [-0.05, 0) is 192 Å². The Morgan fingerprint density at radius 3 is 1.04 bits per heavy atom. The zero-order valence-electron chi connectivity index (χ0n) is 45.9. The molecule has 0 N–H and O–H groups in total. The fourth-order valence-electron chi connectivity index (χ4n) is 7.97. The summed E-state index contributed by atoms with van der Waals surface area (Å²) in [5, 5.41) is 0. The second-order valence-electron chi connectivity index (χ2n) is 19.1. The predicted octanol–water partition coefficient (Wildman–Crippen LogP) is 14.7. The quantitative estimate of drug-likeness (QED) is 0.166. The summed E-state index contributed by atoms with van der Waals surface area (Å²) in [5.74, 6) is 1.10. The molecule has 7 heterocycles. The lowest BCUT2D eigenvalue weighted by Gasteiger charge is -2.08. The maximum Gasteiger partial charge on any atom is 0.193 e. The van der Waals surface area contributed by atoms with Gasteiger partial charge in [0.2, 0.25) is 0 Å². The van der Waals surface area contributed by atoms with Crippen LogP contribution in [0.4, 0.5) is 13.2 Å². The third kappa shape index (κ3) is 15.7. The third-order valence-corrected chi connectivity index (χ3v) is 14.5. The van der Waals surface area contributed by atoms with Crippen LogP contribution >= 0.6 is 0 Å². The van der Waals surface area contributed by atoms with Crippen LogP contribution in [0, 0.1) is 115 Å². The summed E-state index contributed by atoms with van der Waals surface area (Å²) in [6.07, 6.45) is 9.44. The Labute approximate surface area is 404 Å². The van der Waals surface area contributed by atoms with Gasteiger partial charge in [-0.3, -0.25) is 0 Å². The van der Waals surface area contributed by atoms with Crippen LogP contribution in [0.5, 0.6) is 0 Å². The number of hydrogen-bond donors (Lipinski definition) is 0. The van der Waals surface area contributed by atoms with E-state index >= 15 is 0 Å². The molecule has 0 aliphatic heterocycles. The van der Waals surface area contributed by atoms with Crippen molar-refractivity contribution in [2.24, 2.45) is 49.3 Å². The molecule has 1 aliphatic rings. The van der Waals surface area contributed by atoms with Crippen LogP contribution in [-0.4, -0.2) is 32.0 Å². The van der Waals surface area contributed by atoms with Crippen LogP contribution < -0.4 is 0 Å². The van der Waals surface area contributed by atoms with Crippen molar-refractivity contribution in [3.63, 3.8) is 0 Å². The zero-order chi connectivity index (χ0) is 51.4. The molecule has 7 nitrogen and oxygen atoms in total. The topological polar surface area (TPSA) is 34.5 Å². The van der Waals surface area contributed by atoms with Crippen LogP contribution in [0.2, 0.25) is 0 Å². The number of nitrogens with zero attached hydrogens (tertiary/aromatic N) is 7. The Morgan fingerprint density at radius 2 is 0.851 bits per heavy atom. The molecule has 67 heavy (non-hydrogen) atoms. The highest BCUT2D eigenvalue weighted by molar-refractivity contribution is 5.31. The molecule has 7 aromatic heterocycles. The number of aromatic nitrogens is 7. The van der Waals surface area contributed by atoms with E-state index in [2.05, 4.69) is 153 Å². The largest absolute Gasteiger partial charge is 0.354 e. The fourth-order valence-corrected chi connectivity index (χ4v) is 7.97. The van der Waals surface area contributed by atoms with Crippen LogP contribution in [0.25, 0.3) is 0 Å². The van der Waals surface area contributed by atoms with Crippen molar-refractivity contribution in [2.75, 3.05) is 0 Å². The lowest BCUT2D eigenvalue weighted by Crippen LogP contribution is -1.97. The molecular weight excluding hydrogens is 840 g/mol. The average molecular weight is 928 g/mol. The van der Waals surface area contributed by atoms with Gasteiger partial charge in [0.05, 0.1) is 11.4 Å². The minimum atomic E-state index is -0.162. The van der Waals surface area contributed by atoms with Gasteiger partial charge in [-0.1, -0.05) is 26.7 Å². The predicted molar refractivity (Wildman–Crippen MR) is 279 cm³/mol. The molecule has 0 amide bonds. The molecule has 0 radical (unpaired) electrons. The molecule has 0 spiro atoms. The first-order valence-electron chi connectivity index (χ1n) is 23.8. The number of rotatable bonds is 2. The molecule has 0 atom stereocenters. The Balaban J connectivity index is 0.000000270. The Hall–Kier alpha value is -5.25. The van der Waals surface area contributed by atoms with Crippen molar-refractivity contribution in [3.05, 3.63) is 163 Å². The Bertz CT molecular complexity index is 2350. The van der Waals surface area contributed by atoms with Crippen LogP contribution in [0.1, 0.15) is 142 Å². The van der Waals surface area contributed by atoms with Crippen LogP contribution in [0.3, 0.4) is 0 Å². The fraction of sp³-hybridized carbons (Fsp3) is 0.509. The van der Waals surface area contributed by atoms with Crippen molar-refractivity contribution in [1.29, 1.82) is 0 Å². The van der Waals surface area contributed by atoms with E-state index in [0.717, 1.165) is 22.9 Å². The third-order valence-electron chi connectivity index (χ3n) is 14.5. The summed E-state index contributed by atoms with van der Waals surface area (Å²) < 4.78 is 51.5. The zero-order valence-corrected chi connectivity index (χ0v) is 45.9. The lowest BCUT2D eigenvalue weighted by atomic mass is 9.98. The lowest BCUT2D eigenvalue weighted by molar-refractivity contribution is 0.530. The number of aryl methyl sites for hydroxylation is 9. The summed E-state index contributed by atoms with van der Waals surface area (Å²) in [4.78, 5) is 0. The smallest absolute Gasteiger partial charge is 0.193 e. The van der Waals surface area contributed by atoms with Gasteiger partial charge in [-0.2, -0.15) is 4.39 Å². The van der Waals surface area contributed by atoms with Gasteiger partial charge in [0.1, 0.15) is 11.6 Å². The van der Waals surface area contributed by atoms with Gasteiger partial charge in [0.15, 0.2) is 5.95 Å². The highest BCUT2D eigenvalue weighted by Crippen LogP contribution is 2.36. The molecule has 0 bridgehead atoms. The van der Waals surface area contributed by atoms with E-state index in [4.69, 9.17) is 0 Å². The van der Waals surface area contributed by atoms with Gasteiger partial charge in [0.25, 0.3) is 0 Å². The molecule has 0 unspecified atom stereocenters. The normalized spacial score (nSPS) is 11.9. The monoisotopic (exact) mass is 928 g/mol. The van der Waals surface area contributed by atoms with Gasteiger partial charge in [0, 0.05) is 113 Å².